The number of likely N-dealkylation sites (tertiary alicyclic amines) is 1. The second kappa shape index (κ2) is 4.37. The summed E-state index contributed by atoms with van der Waals surface area (Å²) in [6.45, 7) is 5.36. The molecule has 1 N–H and O–H groups in total. The molecule has 1 spiro atoms. The highest BCUT2D eigenvalue weighted by molar-refractivity contribution is 5.69. The maximum Gasteiger partial charge on any atom is 0.410 e. The summed E-state index contributed by atoms with van der Waals surface area (Å²) in [6.07, 6.45) is 1.25. The standard InChI is InChI=1S/C13H22FNO3/c1-12(2,3)18-11(17)15-8-13(4-9(15)7-14)5-10(16)6-13/h9-10,16H,4-8H2,1-3H3/t9-,10?,13?/m0/s1. The Bertz CT molecular complexity index is 334. The van der Waals surface area contributed by atoms with Gasteiger partial charge in [0.25, 0.3) is 0 Å². The van der Waals surface area contributed by atoms with Gasteiger partial charge in [-0.1, -0.05) is 0 Å². The van der Waals surface area contributed by atoms with Crippen LogP contribution in [0, 0.1) is 5.41 Å². The van der Waals surface area contributed by atoms with Gasteiger partial charge in [-0.05, 0) is 45.4 Å². The predicted octanol–water partition coefficient (Wildman–Crippen LogP) is 2.11. The van der Waals surface area contributed by atoms with Crippen LogP contribution in [0.1, 0.15) is 40.0 Å². The molecule has 2 rings (SSSR count). The molecule has 0 unspecified atom stereocenters. The van der Waals surface area contributed by atoms with Crippen LogP contribution in [0.25, 0.3) is 0 Å². The van der Waals surface area contributed by atoms with Gasteiger partial charge < -0.3 is 14.7 Å². The summed E-state index contributed by atoms with van der Waals surface area (Å²) in [5.74, 6) is 0. The predicted molar refractivity (Wildman–Crippen MR) is 65.0 cm³/mol. The third-order valence-corrected chi connectivity index (χ3v) is 3.76. The summed E-state index contributed by atoms with van der Waals surface area (Å²) in [4.78, 5) is 13.5. The maximum atomic E-state index is 13.0. The summed E-state index contributed by atoms with van der Waals surface area (Å²) in [5, 5.41) is 9.42. The zero-order chi connectivity index (χ0) is 13.6. The van der Waals surface area contributed by atoms with Gasteiger partial charge in [0.1, 0.15) is 12.3 Å². The van der Waals surface area contributed by atoms with Crippen molar-refractivity contribution in [3.05, 3.63) is 0 Å². The molecule has 1 atom stereocenters. The summed E-state index contributed by atoms with van der Waals surface area (Å²) in [5.41, 5.74) is -0.639. The van der Waals surface area contributed by atoms with Gasteiger partial charge in [0.15, 0.2) is 0 Å². The van der Waals surface area contributed by atoms with Crippen LogP contribution >= 0.6 is 0 Å². The smallest absolute Gasteiger partial charge is 0.410 e. The Labute approximate surface area is 107 Å². The minimum absolute atomic E-state index is 0.0763. The van der Waals surface area contributed by atoms with Crippen LogP contribution in [-0.4, -0.2) is 47.1 Å². The molecule has 4 nitrogen and oxygen atoms in total. The number of hydrogen-bond acceptors (Lipinski definition) is 3. The Balaban J connectivity index is 2.01. The van der Waals surface area contributed by atoms with E-state index >= 15 is 0 Å². The molecule has 0 bridgehead atoms. The molecule has 0 aromatic rings. The van der Waals surface area contributed by atoms with Crippen molar-refractivity contribution >= 4 is 6.09 Å². The van der Waals surface area contributed by atoms with E-state index in [4.69, 9.17) is 4.74 Å². The van der Waals surface area contributed by atoms with Crippen molar-refractivity contribution in [2.45, 2.75) is 57.8 Å². The van der Waals surface area contributed by atoms with Gasteiger partial charge in [-0.3, -0.25) is 0 Å². The van der Waals surface area contributed by atoms with Crippen molar-refractivity contribution in [2.75, 3.05) is 13.2 Å². The van der Waals surface area contributed by atoms with E-state index in [0.717, 1.165) is 0 Å². The lowest BCUT2D eigenvalue weighted by molar-refractivity contribution is -0.0283. The number of amides is 1. The van der Waals surface area contributed by atoms with Crippen molar-refractivity contribution in [2.24, 2.45) is 5.41 Å². The molecule has 0 radical (unpaired) electrons. The van der Waals surface area contributed by atoms with E-state index in [-0.39, 0.29) is 11.5 Å². The first-order valence-corrected chi connectivity index (χ1v) is 6.48. The minimum Gasteiger partial charge on any atom is -0.444 e. The highest BCUT2D eigenvalue weighted by Gasteiger charge is 2.53. The molecular formula is C13H22FNO3. The quantitative estimate of drug-likeness (QED) is 0.784. The Morgan fingerprint density at radius 1 is 1.44 bits per heavy atom. The van der Waals surface area contributed by atoms with Gasteiger partial charge in [-0.15, -0.1) is 0 Å². The lowest BCUT2D eigenvalue weighted by Crippen LogP contribution is -2.45. The zero-order valence-electron chi connectivity index (χ0n) is 11.3. The number of hydrogen-bond donors (Lipinski definition) is 1. The molecular weight excluding hydrogens is 237 g/mol. The molecule has 0 aromatic carbocycles. The van der Waals surface area contributed by atoms with Gasteiger partial charge in [0, 0.05) is 6.54 Å². The molecule has 1 heterocycles. The van der Waals surface area contributed by atoms with Crippen LogP contribution < -0.4 is 0 Å². The SMILES string of the molecule is CC(C)(C)OC(=O)N1CC2(CC(O)C2)C[C@H]1CF. The summed E-state index contributed by atoms with van der Waals surface area (Å²) < 4.78 is 18.3. The number of nitrogens with zero attached hydrogens (tertiary/aromatic N) is 1. The number of rotatable bonds is 1. The molecule has 1 saturated carbocycles. The number of carbonyl (C=O) groups is 1. The highest BCUT2D eigenvalue weighted by atomic mass is 19.1. The van der Waals surface area contributed by atoms with Gasteiger partial charge in [-0.2, -0.15) is 0 Å². The first-order chi connectivity index (χ1) is 8.25. The number of halogens is 1. The fourth-order valence-electron chi connectivity index (χ4n) is 3.07. The van der Waals surface area contributed by atoms with Crippen molar-refractivity contribution in [1.82, 2.24) is 4.90 Å². The van der Waals surface area contributed by atoms with Gasteiger partial charge in [0.2, 0.25) is 0 Å². The van der Waals surface area contributed by atoms with E-state index in [1.165, 1.54) is 4.90 Å². The van der Waals surface area contributed by atoms with Crippen LogP contribution in [0.4, 0.5) is 9.18 Å². The number of aliphatic hydroxyl groups excluding tert-OH is 1. The first-order valence-electron chi connectivity index (χ1n) is 6.48. The summed E-state index contributed by atoms with van der Waals surface area (Å²) >= 11 is 0. The van der Waals surface area contributed by atoms with E-state index < -0.39 is 24.4 Å². The third kappa shape index (κ3) is 2.60. The number of ether oxygens (including phenoxy) is 1. The van der Waals surface area contributed by atoms with E-state index in [9.17, 15) is 14.3 Å². The molecule has 1 saturated heterocycles. The normalized spacial score (nSPS) is 35.7. The Hall–Kier alpha value is -0.840. The molecule has 1 amide bonds. The fraction of sp³-hybridized carbons (Fsp3) is 0.923. The van der Waals surface area contributed by atoms with E-state index in [2.05, 4.69) is 0 Å². The summed E-state index contributed by atoms with van der Waals surface area (Å²) in [6, 6.07) is -0.396. The molecule has 2 aliphatic rings. The van der Waals surface area contributed by atoms with Gasteiger partial charge in [0.05, 0.1) is 12.1 Å². The fourth-order valence-corrected chi connectivity index (χ4v) is 3.07. The molecule has 5 heteroatoms. The number of carbonyl (C=O) groups excluding carboxylic acids is 1. The average molecular weight is 259 g/mol. The lowest BCUT2D eigenvalue weighted by atomic mass is 9.66. The molecule has 18 heavy (non-hydrogen) atoms. The van der Waals surface area contributed by atoms with Crippen LogP contribution in [-0.2, 0) is 4.74 Å². The van der Waals surface area contributed by atoms with E-state index in [1.54, 1.807) is 20.8 Å². The molecule has 2 fully saturated rings. The molecule has 1 aliphatic heterocycles. The maximum absolute atomic E-state index is 13.0. The Morgan fingerprint density at radius 2 is 2.06 bits per heavy atom. The number of alkyl halides is 1. The average Bonchev–Trinajstić information content (AvgIpc) is 2.54. The van der Waals surface area contributed by atoms with Crippen LogP contribution in [0.2, 0.25) is 0 Å². The largest absolute Gasteiger partial charge is 0.444 e. The number of aliphatic hydroxyl groups is 1. The zero-order valence-corrected chi connectivity index (χ0v) is 11.3. The Morgan fingerprint density at radius 3 is 2.50 bits per heavy atom. The highest BCUT2D eigenvalue weighted by Crippen LogP contribution is 2.50. The monoisotopic (exact) mass is 259 g/mol. The third-order valence-electron chi connectivity index (χ3n) is 3.76. The summed E-state index contributed by atoms with van der Waals surface area (Å²) in [7, 11) is 0. The van der Waals surface area contributed by atoms with Crippen molar-refractivity contribution in [3.8, 4) is 0 Å². The first kappa shape index (κ1) is 13.6. The lowest BCUT2D eigenvalue weighted by Gasteiger charge is -2.42. The van der Waals surface area contributed by atoms with Crippen molar-refractivity contribution in [1.29, 1.82) is 0 Å². The van der Waals surface area contributed by atoms with Gasteiger partial charge >= 0.3 is 6.09 Å². The van der Waals surface area contributed by atoms with Crippen LogP contribution in [0.15, 0.2) is 0 Å². The van der Waals surface area contributed by atoms with E-state index in [1.807, 2.05) is 0 Å². The van der Waals surface area contributed by atoms with Crippen molar-refractivity contribution in [3.63, 3.8) is 0 Å². The van der Waals surface area contributed by atoms with Gasteiger partial charge in [-0.25, -0.2) is 9.18 Å². The van der Waals surface area contributed by atoms with Crippen molar-refractivity contribution < 1.29 is 19.0 Å². The van der Waals surface area contributed by atoms with Crippen LogP contribution in [0.3, 0.4) is 0 Å². The molecule has 1 aliphatic carbocycles. The minimum atomic E-state index is -0.563. The second-order valence-corrected chi connectivity index (χ2v) is 6.68. The second-order valence-electron chi connectivity index (χ2n) is 6.68. The Kier molecular flexibility index (Phi) is 3.30. The van der Waals surface area contributed by atoms with E-state index in [0.29, 0.717) is 25.8 Å². The molecule has 0 aromatic heterocycles. The van der Waals surface area contributed by atoms with Crippen LogP contribution in [0.5, 0.6) is 0 Å². The molecule has 104 valence electrons. The topological polar surface area (TPSA) is 49.8 Å².